The molecular formula is C20H28N4O2S. The van der Waals surface area contributed by atoms with Crippen molar-refractivity contribution in [3.63, 3.8) is 0 Å². The number of sulfonamides is 1. The maximum Gasteiger partial charge on any atom is 0.240 e. The van der Waals surface area contributed by atoms with Crippen LogP contribution in [-0.4, -0.2) is 23.2 Å². The molecule has 1 aromatic heterocycles. The molecule has 1 aromatic carbocycles. The highest BCUT2D eigenvalue weighted by molar-refractivity contribution is 7.89. The van der Waals surface area contributed by atoms with Gasteiger partial charge in [0.15, 0.2) is 0 Å². The summed E-state index contributed by atoms with van der Waals surface area (Å²) in [5, 5.41) is 8.43. The highest BCUT2D eigenvalue weighted by atomic mass is 32.2. The number of fused-ring (bicyclic) bond motifs is 1. The van der Waals surface area contributed by atoms with Gasteiger partial charge < -0.3 is 4.57 Å². The third-order valence-electron chi connectivity index (χ3n) is 5.87. The number of hydrogen-bond acceptors (Lipinski definition) is 4. The second-order valence-corrected chi connectivity index (χ2v) is 9.49. The van der Waals surface area contributed by atoms with E-state index in [-0.39, 0.29) is 6.54 Å². The van der Waals surface area contributed by atoms with E-state index >= 15 is 0 Å². The lowest BCUT2D eigenvalue weighted by molar-refractivity contribution is 0.443. The molecule has 27 heavy (non-hydrogen) atoms. The topological polar surface area (TPSA) is 76.9 Å². The van der Waals surface area contributed by atoms with Gasteiger partial charge in [0.1, 0.15) is 11.6 Å². The van der Waals surface area contributed by atoms with Gasteiger partial charge in [0, 0.05) is 13.0 Å². The average molecular weight is 389 g/mol. The number of aryl methyl sites for hydroxylation is 1. The van der Waals surface area contributed by atoms with E-state index in [9.17, 15) is 8.42 Å². The van der Waals surface area contributed by atoms with E-state index in [1.807, 2.05) is 12.1 Å². The zero-order chi connectivity index (χ0) is 18.7. The molecule has 6 nitrogen and oxygen atoms in total. The average Bonchev–Trinajstić information content (AvgIpc) is 2.93. The molecule has 4 rings (SSSR count). The summed E-state index contributed by atoms with van der Waals surface area (Å²) in [6, 6.07) is 7.43. The van der Waals surface area contributed by atoms with Gasteiger partial charge in [-0.1, -0.05) is 37.8 Å². The van der Waals surface area contributed by atoms with Crippen LogP contribution in [0.1, 0.15) is 74.5 Å². The first-order valence-electron chi connectivity index (χ1n) is 10.1. The molecule has 0 amide bonds. The third kappa shape index (κ3) is 4.24. The Morgan fingerprint density at radius 2 is 1.70 bits per heavy atom. The second-order valence-electron chi connectivity index (χ2n) is 7.72. The van der Waals surface area contributed by atoms with Crippen LogP contribution in [0.5, 0.6) is 0 Å². The van der Waals surface area contributed by atoms with Gasteiger partial charge in [0.2, 0.25) is 10.0 Å². The summed E-state index contributed by atoms with van der Waals surface area (Å²) >= 11 is 0. The quantitative estimate of drug-likeness (QED) is 0.850. The molecule has 0 atom stereocenters. The molecule has 0 saturated heterocycles. The van der Waals surface area contributed by atoms with Crippen LogP contribution in [0.15, 0.2) is 29.2 Å². The molecule has 0 bridgehead atoms. The van der Waals surface area contributed by atoms with Crippen molar-refractivity contribution in [1.29, 1.82) is 0 Å². The van der Waals surface area contributed by atoms with E-state index < -0.39 is 10.0 Å². The lowest BCUT2D eigenvalue weighted by Gasteiger charge is -2.22. The van der Waals surface area contributed by atoms with Crippen molar-refractivity contribution in [1.82, 2.24) is 19.5 Å². The number of benzene rings is 1. The summed E-state index contributed by atoms with van der Waals surface area (Å²) < 4.78 is 30.1. The van der Waals surface area contributed by atoms with Gasteiger partial charge >= 0.3 is 0 Å². The van der Waals surface area contributed by atoms with Crippen LogP contribution in [0.25, 0.3) is 0 Å². The van der Waals surface area contributed by atoms with E-state index in [1.165, 1.54) is 44.1 Å². The maximum atomic E-state index is 12.7. The zero-order valence-electron chi connectivity index (χ0n) is 15.7. The first-order chi connectivity index (χ1) is 13.1. The monoisotopic (exact) mass is 388 g/mol. The highest BCUT2D eigenvalue weighted by Crippen LogP contribution is 2.32. The standard InChI is InChI=1S/C20H28N4O2S/c25-27(26,18-12-10-17(11-13-18)16-7-3-1-4-8-16)21-15-20-23-22-19-9-5-2-6-14-24(19)20/h10-13,16,21H,1-9,14-15H2. The Bertz CT molecular complexity index is 868. The number of nitrogens with one attached hydrogen (secondary N) is 1. The molecule has 1 aliphatic carbocycles. The molecule has 2 aromatic rings. The smallest absolute Gasteiger partial charge is 0.240 e. The maximum absolute atomic E-state index is 12.7. The van der Waals surface area contributed by atoms with Gasteiger partial charge in [-0.05, 0) is 49.3 Å². The van der Waals surface area contributed by atoms with E-state index in [2.05, 4.69) is 19.5 Å². The molecule has 1 aliphatic heterocycles. The molecule has 2 heterocycles. The Hall–Kier alpha value is -1.73. The predicted molar refractivity (Wildman–Crippen MR) is 104 cm³/mol. The van der Waals surface area contributed by atoms with E-state index in [1.54, 1.807) is 12.1 Å². The molecule has 146 valence electrons. The largest absolute Gasteiger partial charge is 0.314 e. The van der Waals surface area contributed by atoms with Gasteiger partial charge in [-0.2, -0.15) is 0 Å². The second kappa shape index (κ2) is 8.10. The minimum Gasteiger partial charge on any atom is -0.314 e. The van der Waals surface area contributed by atoms with Crippen LogP contribution >= 0.6 is 0 Å². The molecule has 0 spiro atoms. The fourth-order valence-electron chi connectivity index (χ4n) is 4.27. The fourth-order valence-corrected chi connectivity index (χ4v) is 5.25. The minimum atomic E-state index is -3.55. The van der Waals surface area contributed by atoms with Crippen molar-refractivity contribution in [2.45, 2.75) is 81.7 Å². The van der Waals surface area contributed by atoms with Gasteiger partial charge in [-0.15, -0.1) is 10.2 Å². The Labute approximate surface area is 161 Å². The number of rotatable bonds is 5. The third-order valence-corrected chi connectivity index (χ3v) is 7.29. The van der Waals surface area contributed by atoms with Crippen LogP contribution < -0.4 is 4.72 Å². The Kier molecular flexibility index (Phi) is 5.59. The van der Waals surface area contributed by atoms with Crippen molar-refractivity contribution < 1.29 is 8.42 Å². The van der Waals surface area contributed by atoms with E-state index in [4.69, 9.17) is 0 Å². The predicted octanol–water partition coefficient (Wildman–Crippen LogP) is 3.53. The molecule has 0 unspecified atom stereocenters. The summed E-state index contributed by atoms with van der Waals surface area (Å²) in [7, 11) is -3.55. The van der Waals surface area contributed by atoms with Gasteiger partial charge in [-0.25, -0.2) is 13.1 Å². The van der Waals surface area contributed by atoms with Crippen LogP contribution in [0, 0.1) is 0 Å². The first kappa shape index (κ1) is 18.6. The molecule has 1 saturated carbocycles. The summed E-state index contributed by atoms with van der Waals surface area (Å²) in [4.78, 5) is 0.317. The highest BCUT2D eigenvalue weighted by Gasteiger charge is 2.20. The van der Waals surface area contributed by atoms with Crippen molar-refractivity contribution in [2.24, 2.45) is 0 Å². The Balaban J connectivity index is 1.43. The summed E-state index contributed by atoms with van der Waals surface area (Å²) in [6.45, 7) is 1.05. The Morgan fingerprint density at radius 1 is 0.963 bits per heavy atom. The van der Waals surface area contributed by atoms with E-state index in [0.29, 0.717) is 16.6 Å². The van der Waals surface area contributed by atoms with Crippen molar-refractivity contribution in [2.75, 3.05) is 0 Å². The summed E-state index contributed by atoms with van der Waals surface area (Å²) in [5.41, 5.74) is 1.26. The number of aromatic nitrogens is 3. The van der Waals surface area contributed by atoms with Crippen LogP contribution in [0.2, 0.25) is 0 Å². The lowest BCUT2D eigenvalue weighted by Crippen LogP contribution is -2.25. The van der Waals surface area contributed by atoms with E-state index in [0.717, 1.165) is 31.6 Å². The van der Waals surface area contributed by atoms with Crippen molar-refractivity contribution >= 4 is 10.0 Å². The molecule has 0 radical (unpaired) electrons. The fraction of sp³-hybridized carbons (Fsp3) is 0.600. The van der Waals surface area contributed by atoms with Crippen LogP contribution in [0.4, 0.5) is 0 Å². The van der Waals surface area contributed by atoms with Crippen LogP contribution in [0.3, 0.4) is 0 Å². The normalized spacial score (nSPS) is 18.8. The summed E-state index contributed by atoms with van der Waals surface area (Å²) in [5.74, 6) is 2.25. The van der Waals surface area contributed by atoms with Crippen LogP contribution in [-0.2, 0) is 29.5 Å². The van der Waals surface area contributed by atoms with Gasteiger partial charge in [0.25, 0.3) is 0 Å². The first-order valence-corrected chi connectivity index (χ1v) is 11.6. The Morgan fingerprint density at radius 3 is 2.48 bits per heavy atom. The molecule has 1 N–H and O–H groups in total. The lowest BCUT2D eigenvalue weighted by atomic mass is 9.84. The van der Waals surface area contributed by atoms with Gasteiger partial charge in [-0.3, -0.25) is 0 Å². The number of nitrogens with zero attached hydrogens (tertiary/aromatic N) is 3. The summed E-state index contributed by atoms with van der Waals surface area (Å²) in [6.07, 6.45) is 10.6. The van der Waals surface area contributed by atoms with Gasteiger partial charge in [0.05, 0.1) is 11.4 Å². The minimum absolute atomic E-state index is 0.180. The number of hydrogen-bond donors (Lipinski definition) is 1. The SMILES string of the molecule is O=S(=O)(NCc1nnc2n1CCCCC2)c1ccc(C2CCCCC2)cc1. The molecule has 1 fully saturated rings. The zero-order valence-corrected chi connectivity index (χ0v) is 16.5. The van der Waals surface area contributed by atoms with Crippen molar-refractivity contribution in [3.05, 3.63) is 41.5 Å². The molecular weight excluding hydrogens is 360 g/mol. The van der Waals surface area contributed by atoms with Crippen molar-refractivity contribution in [3.8, 4) is 0 Å². The molecule has 7 heteroatoms. The molecule has 2 aliphatic rings.